The first kappa shape index (κ1) is 15.6. The summed E-state index contributed by atoms with van der Waals surface area (Å²) < 4.78 is 5.05. The molecule has 7 nitrogen and oxygen atoms in total. The van der Waals surface area contributed by atoms with Crippen molar-refractivity contribution in [2.24, 2.45) is 15.4 Å². The maximum Gasteiger partial charge on any atom is 0.412 e. The van der Waals surface area contributed by atoms with Crippen molar-refractivity contribution in [3.05, 3.63) is 30.1 Å². The second-order valence-corrected chi connectivity index (χ2v) is 5.98. The number of aromatic nitrogens is 1. The number of pyridine rings is 1. The van der Waals surface area contributed by atoms with E-state index >= 15 is 0 Å². The van der Waals surface area contributed by atoms with Crippen molar-refractivity contribution in [2.75, 3.05) is 7.11 Å². The number of rotatable bonds is 4. The predicted molar refractivity (Wildman–Crippen MR) is 85.1 cm³/mol. The molecule has 23 heavy (non-hydrogen) atoms. The molecular weight excluding hydrogens is 294 g/mol. The van der Waals surface area contributed by atoms with E-state index in [-0.39, 0.29) is 12.1 Å². The summed E-state index contributed by atoms with van der Waals surface area (Å²) >= 11 is 0. The molecule has 7 heteroatoms. The lowest BCUT2D eigenvalue weighted by molar-refractivity contribution is 0.0535. The quantitative estimate of drug-likeness (QED) is 0.856. The lowest BCUT2D eigenvalue weighted by atomic mass is 9.90. The first-order valence-corrected chi connectivity index (χ1v) is 7.98. The summed E-state index contributed by atoms with van der Waals surface area (Å²) in [6.45, 7) is 0. The zero-order chi connectivity index (χ0) is 16.1. The zero-order valence-electron chi connectivity index (χ0n) is 13.3. The highest BCUT2D eigenvalue weighted by molar-refractivity contribution is 5.80. The van der Waals surface area contributed by atoms with Crippen molar-refractivity contribution in [2.45, 2.75) is 50.2 Å². The first-order valence-electron chi connectivity index (χ1n) is 7.98. The van der Waals surface area contributed by atoms with Crippen LogP contribution in [0.3, 0.4) is 0 Å². The molecule has 0 bridgehead atoms. The van der Waals surface area contributed by atoms with E-state index in [2.05, 4.69) is 20.4 Å². The molecule has 122 valence electrons. The molecule has 1 aromatic rings. The van der Waals surface area contributed by atoms with E-state index in [1.165, 1.54) is 13.5 Å². The molecule has 1 atom stereocenters. The SMILES string of the molecule is COC(=O)N(C1CCCCC1)C1(Cc2cccnc2)C=NN=N1. The van der Waals surface area contributed by atoms with Gasteiger partial charge in [-0.05, 0) is 29.7 Å². The predicted octanol–water partition coefficient (Wildman–Crippen LogP) is 3.17. The van der Waals surface area contributed by atoms with Gasteiger partial charge in [0.25, 0.3) is 0 Å². The van der Waals surface area contributed by atoms with Crippen LogP contribution in [0, 0.1) is 0 Å². The van der Waals surface area contributed by atoms with Gasteiger partial charge >= 0.3 is 6.09 Å². The molecule has 2 heterocycles. The second-order valence-electron chi connectivity index (χ2n) is 5.98. The van der Waals surface area contributed by atoms with E-state index in [1.807, 2.05) is 12.1 Å². The van der Waals surface area contributed by atoms with E-state index in [4.69, 9.17) is 4.74 Å². The molecule has 0 spiro atoms. The topological polar surface area (TPSA) is 79.5 Å². The molecule has 1 fully saturated rings. The monoisotopic (exact) mass is 315 g/mol. The number of hydrogen-bond acceptors (Lipinski definition) is 6. The summed E-state index contributed by atoms with van der Waals surface area (Å²) in [5, 5.41) is 12.0. The van der Waals surface area contributed by atoms with Gasteiger partial charge in [-0.1, -0.05) is 25.3 Å². The zero-order valence-corrected chi connectivity index (χ0v) is 13.3. The Bertz CT molecular complexity index is 584. The van der Waals surface area contributed by atoms with Gasteiger partial charge in [0.05, 0.1) is 13.3 Å². The smallest absolute Gasteiger partial charge is 0.412 e. The average Bonchev–Trinajstić information content (AvgIpc) is 3.05. The largest absolute Gasteiger partial charge is 0.453 e. The molecule has 0 saturated heterocycles. The van der Waals surface area contributed by atoms with Gasteiger partial charge in [0, 0.05) is 24.9 Å². The fourth-order valence-corrected chi connectivity index (χ4v) is 3.39. The summed E-state index contributed by atoms with van der Waals surface area (Å²) in [5.74, 6) is 0. The lowest BCUT2D eigenvalue weighted by Gasteiger charge is -2.41. The maximum atomic E-state index is 12.5. The third-order valence-electron chi connectivity index (χ3n) is 4.45. The van der Waals surface area contributed by atoms with E-state index < -0.39 is 5.66 Å². The third kappa shape index (κ3) is 3.23. The molecule has 1 aliphatic heterocycles. The molecule has 0 N–H and O–H groups in total. The Balaban J connectivity index is 1.93. The van der Waals surface area contributed by atoms with Gasteiger partial charge in [-0.2, -0.15) is 0 Å². The minimum Gasteiger partial charge on any atom is -0.453 e. The van der Waals surface area contributed by atoms with Crippen molar-refractivity contribution in [1.82, 2.24) is 9.88 Å². The number of amides is 1. The van der Waals surface area contributed by atoms with Crippen LogP contribution in [0.5, 0.6) is 0 Å². The Morgan fingerprint density at radius 2 is 2.22 bits per heavy atom. The Labute approximate surface area is 135 Å². The van der Waals surface area contributed by atoms with Crippen molar-refractivity contribution in [3.63, 3.8) is 0 Å². The van der Waals surface area contributed by atoms with Crippen LogP contribution in [-0.2, 0) is 11.2 Å². The number of hydrogen-bond donors (Lipinski definition) is 0. The highest BCUT2D eigenvalue weighted by Gasteiger charge is 2.46. The van der Waals surface area contributed by atoms with Gasteiger partial charge in [-0.25, -0.2) is 4.79 Å². The highest BCUT2D eigenvalue weighted by atomic mass is 16.5. The molecule has 1 unspecified atom stereocenters. The molecular formula is C16H21N5O2. The summed E-state index contributed by atoms with van der Waals surface area (Å²) in [6.07, 6.45) is 10.6. The van der Waals surface area contributed by atoms with Gasteiger partial charge in [-0.15, -0.1) is 10.2 Å². The molecule has 2 aliphatic rings. The van der Waals surface area contributed by atoms with Crippen LogP contribution < -0.4 is 0 Å². The molecule has 1 aliphatic carbocycles. The molecule has 3 rings (SSSR count). The van der Waals surface area contributed by atoms with Crippen LogP contribution in [0.15, 0.2) is 40.0 Å². The normalized spacial score (nSPS) is 23.9. The van der Waals surface area contributed by atoms with E-state index in [9.17, 15) is 4.79 Å². The summed E-state index contributed by atoms with van der Waals surface area (Å²) in [4.78, 5) is 18.4. The Morgan fingerprint density at radius 1 is 1.39 bits per heavy atom. The van der Waals surface area contributed by atoms with Crippen LogP contribution in [-0.4, -0.2) is 41.0 Å². The number of methoxy groups -OCH3 is 1. The average molecular weight is 315 g/mol. The standard InChI is InChI=1S/C16H21N5O2/c1-23-15(22)21(14-7-3-2-4-8-14)16(12-18-20-19-16)10-13-6-5-9-17-11-13/h5-6,9,11-12,14H,2-4,7-8,10H2,1H3. The van der Waals surface area contributed by atoms with E-state index in [0.29, 0.717) is 6.42 Å². The Morgan fingerprint density at radius 3 is 2.83 bits per heavy atom. The van der Waals surface area contributed by atoms with Gasteiger partial charge in [-0.3, -0.25) is 9.88 Å². The van der Waals surface area contributed by atoms with Crippen molar-refractivity contribution < 1.29 is 9.53 Å². The number of nitrogens with zero attached hydrogens (tertiary/aromatic N) is 5. The molecule has 1 amide bonds. The molecule has 0 radical (unpaired) electrons. The summed E-state index contributed by atoms with van der Waals surface area (Å²) in [5.41, 5.74) is 0.0579. The Kier molecular flexibility index (Phi) is 4.64. The summed E-state index contributed by atoms with van der Waals surface area (Å²) in [7, 11) is 1.40. The van der Waals surface area contributed by atoms with E-state index in [0.717, 1.165) is 31.2 Å². The Hall–Kier alpha value is -2.31. The van der Waals surface area contributed by atoms with Gasteiger partial charge in [0.15, 0.2) is 0 Å². The van der Waals surface area contributed by atoms with Crippen molar-refractivity contribution in [3.8, 4) is 0 Å². The molecule has 0 aromatic carbocycles. The van der Waals surface area contributed by atoms with Gasteiger partial charge < -0.3 is 4.74 Å². The van der Waals surface area contributed by atoms with Crippen molar-refractivity contribution in [1.29, 1.82) is 0 Å². The van der Waals surface area contributed by atoms with Crippen LogP contribution in [0.1, 0.15) is 37.7 Å². The minimum absolute atomic E-state index is 0.0939. The number of carbonyl (C=O) groups is 1. The van der Waals surface area contributed by atoms with Gasteiger partial charge in [0.2, 0.25) is 5.66 Å². The third-order valence-corrected chi connectivity index (χ3v) is 4.45. The summed E-state index contributed by atoms with van der Waals surface area (Å²) in [6, 6.07) is 3.93. The maximum absolute atomic E-state index is 12.5. The molecule has 1 saturated carbocycles. The fourth-order valence-electron chi connectivity index (χ4n) is 3.39. The van der Waals surface area contributed by atoms with Crippen LogP contribution in [0.4, 0.5) is 4.79 Å². The fraction of sp³-hybridized carbons (Fsp3) is 0.562. The minimum atomic E-state index is -0.919. The number of ether oxygens (including phenoxy) is 1. The van der Waals surface area contributed by atoms with Crippen molar-refractivity contribution >= 4 is 12.3 Å². The lowest BCUT2D eigenvalue weighted by Crippen LogP contribution is -2.57. The van der Waals surface area contributed by atoms with Gasteiger partial charge in [0.1, 0.15) is 0 Å². The van der Waals surface area contributed by atoms with E-state index in [1.54, 1.807) is 23.5 Å². The number of carbonyl (C=O) groups excluding carboxylic acids is 1. The van der Waals surface area contributed by atoms with Crippen LogP contribution >= 0.6 is 0 Å². The molecule has 1 aromatic heterocycles. The van der Waals surface area contributed by atoms with Crippen LogP contribution in [0.25, 0.3) is 0 Å². The van der Waals surface area contributed by atoms with Crippen LogP contribution in [0.2, 0.25) is 0 Å². The first-order chi connectivity index (χ1) is 11.2. The highest BCUT2D eigenvalue weighted by Crippen LogP contribution is 2.33. The second kappa shape index (κ2) is 6.85.